The summed E-state index contributed by atoms with van der Waals surface area (Å²) in [5.74, 6) is 0. The van der Waals surface area contributed by atoms with Gasteiger partial charge in [0, 0.05) is 12.2 Å². The molecule has 0 fully saturated rings. The quantitative estimate of drug-likeness (QED) is 0.709. The zero-order valence-corrected chi connectivity index (χ0v) is 11.5. The second-order valence-electron chi connectivity index (χ2n) is 4.98. The fourth-order valence-corrected chi connectivity index (χ4v) is 2.43. The summed E-state index contributed by atoms with van der Waals surface area (Å²) in [5, 5.41) is 4.47. The van der Waals surface area contributed by atoms with Gasteiger partial charge in [-0.1, -0.05) is 33.6 Å². The maximum absolute atomic E-state index is 4.47. The van der Waals surface area contributed by atoms with Gasteiger partial charge in [-0.25, -0.2) is 0 Å². The summed E-state index contributed by atoms with van der Waals surface area (Å²) in [4.78, 5) is 0. The standard InChI is InChI=1S/C14H26N2/c1-6-9-10-14(5,7-2)13-11-15-16(8-3)12(13)4/h11H,6-10H2,1-5H3. The van der Waals surface area contributed by atoms with Gasteiger partial charge in [0.15, 0.2) is 0 Å². The molecule has 1 unspecified atom stereocenters. The van der Waals surface area contributed by atoms with Crippen molar-refractivity contribution in [3.63, 3.8) is 0 Å². The van der Waals surface area contributed by atoms with E-state index in [1.807, 2.05) is 0 Å². The minimum absolute atomic E-state index is 0.313. The number of nitrogens with zero attached hydrogens (tertiary/aromatic N) is 2. The molecule has 0 aromatic carbocycles. The van der Waals surface area contributed by atoms with Gasteiger partial charge in [0.2, 0.25) is 0 Å². The molecule has 0 aliphatic heterocycles. The van der Waals surface area contributed by atoms with E-state index in [1.165, 1.54) is 36.9 Å². The van der Waals surface area contributed by atoms with E-state index in [0.29, 0.717) is 5.41 Å². The Labute approximate surface area is 100 Å². The largest absolute Gasteiger partial charge is 0.270 e. The molecule has 0 aliphatic carbocycles. The molecule has 1 heterocycles. The van der Waals surface area contributed by atoms with Crippen LogP contribution in [0.2, 0.25) is 0 Å². The third-order valence-electron chi connectivity index (χ3n) is 3.92. The molecule has 0 spiro atoms. The van der Waals surface area contributed by atoms with E-state index in [1.54, 1.807) is 0 Å². The molecule has 0 radical (unpaired) electrons. The summed E-state index contributed by atoms with van der Waals surface area (Å²) in [6.45, 7) is 12.3. The number of aromatic nitrogens is 2. The van der Waals surface area contributed by atoms with Crippen LogP contribution in [0.3, 0.4) is 0 Å². The SMILES string of the molecule is CCCCC(C)(CC)c1cnn(CC)c1C. The van der Waals surface area contributed by atoms with Gasteiger partial charge >= 0.3 is 0 Å². The van der Waals surface area contributed by atoms with Crippen molar-refractivity contribution in [3.8, 4) is 0 Å². The third-order valence-corrected chi connectivity index (χ3v) is 3.92. The summed E-state index contributed by atoms with van der Waals surface area (Å²) in [5.41, 5.74) is 3.11. The Hall–Kier alpha value is -0.790. The molecule has 0 aliphatic rings. The minimum Gasteiger partial charge on any atom is -0.270 e. The van der Waals surface area contributed by atoms with Gasteiger partial charge < -0.3 is 0 Å². The second-order valence-corrected chi connectivity index (χ2v) is 4.98. The lowest BCUT2D eigenvalue weighted by Crippen LogP contribution is -2.21. The lowest BCUT2D eigenvalue weighted by molar-refractivity contribution is 0.400. The molecule has 0 saturated heterocycles. The van der Waals surface area contributed by atoms with Gasteiger partial charge in [-0.05, 0) is 37.7 Å². The molecule has 0 saturated carbocycles. The van der Waals surface area contributed by atoms with Gasteiger partial charge in [-0.2, -0.15) is 5.10 Å². The lowest BCUT2D eigenvalue weighted by Gasteiger charge is -2.28. The molecule has 1 atom stereocenters. The molecule has 0 amide bonds. The van der Waals surface area contributed by atoms with Crippen molar-refractivity contribution in [2.24, 2.45) is 0 Å². The van der Waals surface area contributed by atoms with E-state index in [-0.39, 0.29) is 0 Å². The smallest absolute Gasteiger partial charge is 0.0530 e. The molecule has 0 bridgehead atoms. The Morgan fingerprint density at radius 3 is 2.44 bits per heavy atom. The van der Waals surface area contributed by atoms with Crippen LogP contribution in [-0.4, -0.2) is 9.78 Å². The Balaban J connectivity index is 2.97. The van der Waals surface area contributed by atoms with Gasteiger partial charge in [0.25, 0.3) is 0 Å². The maximum atomic E-state index is 4.47. The highest BCUT2D eigenvalue weighted by molar-refractivity contribution is 5.26. The first kappa shape index (κ1) is 13.3. The van der Waals surface area contributed by atoms with Crippen molar-refractivity contribution >= 4 is 0 Å². The summed E-state index contributed by atoms with van der Waals surface area (Å²) in [7, 11) is 0. The molecular weight excluding hydrogens is 196 g/mol. The average molecular weight is 222 g/mol. The third kappa shape index (κ3) is 2.47. The van der Waals surface area contributed by atoms with Crippen LogP contribution >= 0.6 is 0 Å². The van der Waals surface area contributed by atoms with Crippen LogP contribution in [0, 0.1) is 6.92 Å². The summed E-state index contributed by atoms with van der Waals surface area (Å²) >= 11 is 0. The number of aryl methyl sites for hydroxylation is 1. The molecule has 2 heteroatoms. The molecule has 0 N–H and O–H groups in total. The van der Waals surface area contributed by atoms with Crippen LogP contribution < -0.4 is 0 Å². The first-order valence-corrected chi connectivity index (χ1v) is 6.62. The normalized spacial score (nSPS) is 15.1. The Morgan fingerprint density at radius 2 is 2.00 bits per heavy atom. The predicted octanol–water partition coefficient (Wildman–Crippen LogP) is 4.07. The Morgan fingerprint density at radius 1 is 1.31 bits per heavy atom. The minimum atomic E-state index is 0.313. The maximum Gasteiger partial charge on any atom is 0.0530 e. The highest BCUT2D eigenvalue weighted by Gasteiger charge is 2.27. The Bertz CT molecular complexity index is 327. The van der Waals surface area contributed by atoms with Crippen molar-refractivity contribution in [2.45, 2.75) is 72.3 Å². The van der Waals surface area contributed by atoms with E-state index in [9.17, 15) is 0 Å². The first-order chi connectivity index (χ1) is 7.59. The molecule has 1 rings (SSSR count). The fourth-order valence-electron chi connectivity index (χ4n) is 2.43. The average Bonchev–Trinajstić information content (AvgIpc) is 2.68. The van der Waals surface area contributed by atoms with Crippen molar-refractivity contribution in [3.05, 3.63) is 17.5 Å². The van der Waals surface area contributed by atoms with Crippen molar-refractivity contribution in [1.29, 1.82) is 0 Å². The van der Waals surface area contributed by atoms with E-state index in [4.69, 9.17) is 0 Å². The van der Waals surface area contributed by atoms with E-state index in [0.717, 1.165) is 6.54 Å². The molecule has 2 nitrogen and oxygen atoms in total. The number of rotatable bonds is 6. The molecular formula is C14H26N2. The first-order valence-electron chi connectivity index (χ1n) is 6.62. The highest BCUT2D eigenvalue weighted by Crippen LogP contribution is 2.34. The van der Waals surface area contributed by atoms with E-state index < -0.39 is 0 Å². The van der Waals surface area contributed by atoms with Gasteiger partial charge in [-0.15, -0.1) is 0 Å². The summed E-state index contributed by atoms with van der Waals surface area (Å²) in [6, 6.07) is 0. The van der Waals surface area contributed by atoms with E-state index in [2.05, 4.69) is 50.6 Å². The second kappa shape index (κ2) is 5.51. The molecule has 92 valence electrons. The number of unbranched alkanes of at least 4 members (excludes halogenated alkanes) is 1. The van der Waals surface area contributed by atoms with E-state index >= 15 is 0 Å². The predicted molar refractivity (Wildman–Crippen MR) is 69.8 cm³/mol. The molecule has 1 aromatic heterocycles. The zero-order valence-electron chi connectivity index (χ0n) is 11.5. The number of hydrogen-bond acceptors (Lipinski definition) is 1. The topological polar surface area (TPSA) is 17.8 Å². The summed E-state index contributed by atoms with van der Waals surface area (Å²) < 4.78 is 2.11. The van der Waals surface area contributed by atoms with Crippen LogP contribution in [0.5, 0.6) is 0 Å². The van der Waals surface area contributed by atoms with Crippen LogP contribution in [-0.2, 0) is 12.0 Å². The monoisotopic (exact) mass is 222 g/mol. The van der Waals surface area contributed by atoms with Crippen LogP contribution in [0.1, 0.15) is 64.6 Å². The van der Waals surface area contributed by atoms with Crippen molar-refractivity contribution < 1.29 is 0 Å². The van der Waals surface area contributed by atoms with Gasteiger partial charge in [0.1, 0.15) is 0 Å². The zero-order chi connectivity index (χ0) is 12.2. The van der Waals surface area contributed by atoms with Gasteiger partial charge in [-0.3, -0.25) is 4.68 Å². The molecule has 1 aromatic rings. The van der Waals surface area contributed by atoms with Crippen LogP contribution in [0.15, 0.2) is 6.20 Å². The number of hydrogen-bond donors (Lipinski definition) is 0. The highest BCUT2D eigenvalue weighted by atomic mass is 15.3. The fraction of sp³-hybridized carbons (Fsp3) is 0.786. The summed E-state index contributed by atoms with van der Waals surface area (Å²) in [6.07, 6.45) is 7.13. The van der Waals surface area contributed by atoms with Gasteiger partial charge in [0.05, 0.1) is 6.20 Å². The van der Waals surface area contributed by atoms with Crippen LogP contribution in [0.4, 0.5) is 0 Å². The van der Waals surface area contributed by atoms with Crippen molar-refractivity contribution in [1.82, 2.24) is 9.78 Å². The lowest BCUT2D eigenvalue weighted by atomic mass is 9.76. The molecule has 16 heavy (non-hydrogen) atoms. The van der Waals surface area contributed by atoms with Crippen LogP contribution in [0.25, 0.3) is 0 Å². The van der Waals surface area contributed by atoms with Crippen molar-refractivity contribution in [2.75, 3.05) is 0 Å². The Kier molecular flexibility index (Phi) is 4.57.